The van der Waals surface area contributed by atoms with Crippen molar-refractivity contribution in [3.63, 3.8) is 0 Å². The summed E-state index contributed by atoms with van der Waals surface area (Å²) in [6.45, 7) is 4.89. The first-order chi connectivity index (χ1) is 11.9. The van der Waals surface area contributed by atoms with Crippen LogP contribution in [-0.2, 0) is 18.4 Å². The van der Waals surface area contributed by atoms with E-state index >= 15 is 0 Å². The molecule has 134 valence electrons. The Morgan fingerprint density at radius 3 is 2.88 bits per heavy atom. The molecule has 0 spiro atoms. The van der Waals surface area contributed by atoms with E-state index in [1.807, 2.05) is 20.9 Å². The average Bonchev–Trinajstić information content (AvgIpc) is 3.12. The van der Waals surface area contributed by atoms with Crippen LogP contribution in [0.1, 0.15) is 28.4 Å². The van der Waals surface area contributed by atoms with Gasteiger partial charge in [0.2, 0.25) is 0 Å². The zero-order valence-corrected chi connectivity index (χ0v) is 15.4. The van der Waals surface area contributed by atoms with E-state index in [0.29, 0.717) is 25.3 Å². The van der Waals surface area contributed by atoms with Gasteiger partial charge in [-0.3, -0.25) is 14.4 Å². The maximum Gasteiger partial charge on any atom is 0.315 e. The summed E-state index contributed by atoms with van der Waals surface area (Å²) in [6.07, 6.45) is 3.24. The van der Waals surface area contributed by atoms with Gasteiger partial charge in [0.25, 0.3) is 5.91 Å². The predicted molar refractivity (Wildman–Crippen MR) is 95.5 cm³/mol. The fourth-order valence-corrected chi connectivity index (χ4v) is 3.73. The molecule has 1 saturated heterocycles. The molecular weight excluding hydrogens is 340 g/mol. The number of carbonyl (C=O) groups excluding carboxylic acids is 2. The van der Waals surface area contributed by atoms with Crippen molar-refractivity contribution in [2.75, 3.05) is 11.4 Å². The number of urea groups is 1. The summed E-state index contributed by atoms with van der Waals surface area (Å²) in [5.74, 6) is 0.494. The molecule has 0 aromatic carbocycles. The third kappa shape index (κ3) is 3.98. The quantitative estimate of drug-likeness (QED) is 0.862. The van der Waals surface area contributed by atoms with E-state index < -0.39 is 6.04 Å². The van der Waals surface area contributed by atoms with Gasteiger partial charge in [-0.05, 0) is 26.7 Å². The lowest BCUT2D eigenvalue weighted by Gasteiger charge is -2.31. The second-order valence-corrected chi connectivity index (χ2v) is 7.50. The Hall–Kier alpha value is -2.42. The highest BCUT2D eigenvalue weighted by atomic mass is 32.1. The molecule has 3 heterocycles. The van der Waals surface area contributed by atoms with Crippen molar-refractivity contribution in [2.45, 2.75) is 39.3 Å². The molecule has 0 aliphatic carbocycles. The molecule has 1 unspecified atom stereocenters. The molecule has 2 aromatic rings. The van der Waals surface area contributed by atoms with Gasteiger partial charge in [-0.2, -0.15) is 5.10 Å². The van der Waals surface area contributed by atoms with Crippen molar-refractivity contribution >= 4 is 29.1 Å². The minimum absolute atomic E-state index is 0.124. The van der Waals surface area contributed by atoms with Crippen molar-refractivity contribution in [3.05, 3.63) is 27.8 Å². The number of anilines is 1. The first-order valence-corrected chi connectivity index (χ1v) is 9.04. The Balaban J connectivity index is 1.57. The zero-order chi connectivity index (χ0) is 18.0. The molecular formula is C16H22N6O2S. The normalized spacial score (nSPS) is 17.6. The van der Waals surface area contributed by atoms with Gasteiger partial charge in [0, 0.05) is 30.7 Å². The highest BCUT2D eigenvalue weighted by Crippen LogP contribution is 2.19. The number of aryl methyl sites for hydroxylation is 3. The van der Waals surface area contributed by atoms with Gasteiger partial charge < -0.3 is 10.6 Å². The van der Waals surface area contributed by atoms with Gasteiger partial charge in [0.15, 0.2) is 5.82 Å². The average molecular weight is 362 g/mol. The van der Waals surface area contributed by atoms with Gasteiger partial charge in [0.05, 0.1) is 17.2 Å². The lowest BCUT2D eigenvalue weighted by Crippen LogP contribution is -2.54. The number of amides is 3. The van der Waals surface area contributed by atoms with Crippen LogP contribution in [0.15, 0.2) is 12.3 Å². The fourth-order valence-electron chi connectivity index (χ4n) is 2.89. The molecule has 1 aliphatic heterocycles. The Morgan fingerprint density at radius 2 is 2.24 bits per heavy atom. The molecule has 0 bridgehead atoms. The number of carbonyl (C=O) groups is 2. The molecule has 8 nitrogen and oxygen atoms in total. The van der Waals surface area contributed by atoms with Gasteiger partial charge >= 0.3 is 6.03 Å². The Bertz CT molecular complexity index is 783. The standard InChI is InChI=1S/C16H22N6O2S/c1-10-13(18-11(2)25-10)9-17-16(24)19-12-5-4-7-22(15(12)23)14-6-8-21(3)20-14/h6,8,12H,4-5,7,9H2,1-3H3,(H2,17,19,24). The second-order valence-electron chi connectivity index (χ2n) is 6.10. The van der Waals surface area contributed by atoms with Crippen LogP contribution in [0.2, 0.25) is 0 Å². The molecule has 2 N–H and O–H groups in total. The maximum atomic E-state index is 12.6. The highest BCUT2D eigenvalue weighted by molar-refractivity contribution is 7.11. The molecule has 25 heavy (non-hydrogen) atoms. The second kappa shape index (κ2) is 7.22. The summed E-state index contributed by atoms with van der Waals surface area (Å²) in [4.78, 5) is 31.9. The summed E-state index contributed by atoms with van der Waals surface area (Å²) < 4.78 is 1.66. The molecule has 1 aliphatic rings. The van der Waals surface area contributed by atoms with Gasteiger partial charge in [-0.15, -0.1) is 11.3 Å². The SMILES string of the molecule is Cc1nc(CNC(=O)NC2CCCN(c3ccn(C)n3)C2=O)c(C)s1. The first kappa shape index (κ1) is 17.4. The number of hydrogen-bond donors (Lipinski definition) is 2. The molecule has 1 fully saturated rings. The van der Waals surface area contributed by atoms with Crippen LogP contribution in [-0.4, -0.2) is 39.3 Å². The lowest BCUT2D eigenvalue weighted by atomic mass is 10.1. The molecule has 9 heteroatoms. The van der Waals surface area contributed by atoms with Crippen LogP contribution < -0.4 is 15.5 Å². The summed E-state index contributed by atoms with van der Waals surface area (Å²) in [5.41, 5.74) is 0.864. The smallest absolute Gasteiger partial charge is 0.315 e. The molecule has 0 radical (unpaired) electrons. The third-order valence-corrected chi connectivity index (χ3v) is 5.06. The monoisotopic (exact) mass is 362 g/mol. The van der Waals surface area contributed by atoms with E-state index in [9.17, 15) is 9.59 Å². The number of thiazole rings is 1. The molecule has 0 saturated carbocycles. The summed E-state index contributed by atoms with van der Waals surface area (Å²) >= 11 is 1.60. The predicted octanol–water partition coefficient (Wildman–Crippen LogP) is 1.49. The number of nitrogens with zero attached hydrogens (tertiary/aromatic N) is 4. The molecule has 3 amide bonds. The fraction of sp³-hybridized carbons (Fsp3) is 0.500. The van der Waals surface area contributed by atoms with Crippen LogP contribution in [0.3, 0.4) is 0 Å². The Kier molecular flexibility index (Phi) is 5.03. The zero-order valence-electron chi connectivity index (χ0n) is 14.6. The third-order valence-electron chi connectivity index (χ3n) is 4.14. The first-order valence-electron chi connectivity index (χ1n) is 8.22. The van der Waals surface area contributed by atoms with Crippen LogP contribution in [0.25, 0.3) is 0 Å². The van der Waals surface area contributed by atoms with E-state index in [1.54, 1.807) is 33.2 Å². The molecule has 2 aromatic heterocycles. The van der Waals surface area contributed by atoms with E-state index in [1.165, 1.54) is 0 Å². The summed E-state index contributed by atoms with van der Waals surface area (Å²) in [6, 6.07) is 0.911. The van der Waals surface area contributed by atoms with Crippen LogP contribution in [0.5, 0.6) is 0 Å². The van der Waals surface area contributed by atoms with Crippen LogP contribution in [0.4, 0.5) is 10.6 Å². The highest BCUT2D eigenvalue weighted by Gasteiger charge is 2.31. The van der Waals surface area contributed by atoms with E-state index in [4.69, 9.17) is 0 Å². The number of hydrogen-bond acceptors (Lipinski definition) is 5. The van der Waals surface area contributed by atoms with Crippen molar-refractivity contribution < 1.29 is 9.59 Å². The maximum absolute atomic E-state index is 12.6. The summed E-state index contributed by atoms with van der Waals surface area (Å²) in [7, 11) is 1.81. The van der Waals surface area contributed by atoms with Crippen LogP contribution >= 0.6 is 11.3 Å². The number of aromatic nitrogens is 3. The number of nitrogens with one attached hydrogen (secondary N) is 2. The van der Waals surface area contributed by atoms with Gasteiger partial charge in [-0.25, -0.2) is 9.78 Å². The largest absolute Gasteiger partial charge is 0.332 e. The van der Waals surface area contributed by atoms with Gasteiger partial charge in [0.1, 0.15) is 6.04 Å². The number of piperidine rings is 1. The molecule has 3 rings (SSSR count). The van der Waals surface area contributed by atoms with Crippen LogP contribution in [0, 0.1) is 13.8 Å². The van der Waals surface area contributed by atoms with Gasteiger partial charge in [-0.1, -0.05) is 0 Å². The lowest BCUT2D eigenvalue weighted by molar-refractivity contribution is -0.121. The minimum atomic E-state index is -0.533. The van der Waals surface area contributed by atoms with Crippen molar-refractivity contribution in [2.24, 2.45) is 7.05 Å². The van der Waals surface area contributed by atoms with E-state index in [0.717, 1.165) is 22.0 Å². The van der Waals surface area contributed by atoms with Crippen molar-refractivity contribution in [1.82, 2.24) is 25.4 Å². The molecule has 1 atom stereocenters. The Morgan fingerprint density at radius 1 is 1.44 bits per heavy atom. The van der Waals surface area contributed by atoms with Crippen molar-refractivity contribution in [1.29, 1.82) is 0 Å². The Labute approximate surface area is 150 Å². The topological polar surface area (TPSA) is 92.2 Å². The minimum Gasteiger partial charge on any atom is -0.332 e. The summed E-state index contributed by atoms with van der Waals surface area (Å²) in [5, 5.41) is 10.8. The van der Waals surface area contributed by atoms with Crippen molar-refractivity contribution in [3.8, 4) is 0 Å². The number of rotatable bonds is 4. The van der Waals surface area contributed by atoms with E-state index in [2.05, 4.69) is 20.7 Å². The van der Waals surface area contributed by atoms with E-state index in [-0.39, 0.29) is 11.9 Å².